The Kier molecular flexibility index (Phi) is 3.71. The normalized spacial score (nSPS) is 25.5. The summed E-state index contributed by atoms with van der Waals surface area (Å²) >= 11 is 6.02. The van der Waals surface area contributed by atoms with Crippen molar-refractivity contribution >= 4 is 17.5 Å². The summed E-state index contributed by atoms with van der Waals surface area (Å²) in [5, 5.41) is 6.91. The van der Waals surface area contributed by atoms with Crippen LogP contribution in [0.3, 0.4) is 0 Å². The van der Waals surface area contributed by atoms with E-state index < -0.39 is 0 Å². The first-order valence-corrected chi connectivity index (χ1v) is 8.02. The van der Waals surface area contributed by atoms with Crippen LogP contribution in [-0.2, 0) is 0 Å². The van der Waals surface area contributed by atoms with Crippen molar-refractivity contribution in [3.8, 4) is 11.7 Å². The van der Waals surface area contributed by atoms with Crippen LogP contribution in [0.25, 0.3) is 0 Å². The number of aromatic nitrogens is 1. The molecule has 1 aromatic heterocycles. The Hall–Kier alpha value is -2.05. The molecule has 2 saturated heterocycles. The Labute approximate surface area is 138 Å². The first kappa shape index (κ1) is 14.5. The fourth-order valence-corrected chi connectivity index (χ4v) is 3.44. The van der Waals surface area contributed by atoms with Crippen LogP contribution in [0.4, 0.5) is 0 Å². The van der Waals surface area contributed by atoms with Gasteiger partial charge in [0.1, 0.15) is 11.9 Å². The molecule has 120 valence electrons. The lowest BCUT2D eigenvalue weighted by molar-refractivity contribution is 0.0891. The van der Waals surface area contributed by atoms with E-state index in [2.05, 4.69) is 15.6 Å². The quantitative estimate of drug-likeness (QED) is 0.899. The lowest BCUT2D eigenvalue weighted by Gasteiger charge is -2.20. The van der Waals surface area contributed by atoms with Crippen molar-refractivity contribution in [1.82, 2.24) is 15.6 Å². The van der Waals surface area contributed by atoms with E-state index in [1.54, 1.807) is 24.3 Å². The van der Waals surface area contributed by atoms with E-state index in [1.807, 2.05) is 0 Å². The van der Waals surface area contributed by atoms with Gasteiger partial charge < -0.3 is 19.8 Å². The van der Waals surface area contributed by atoms with Crippen molar-refractivity contribution in [2.24, 2.45) is 0 Å². The summed E-state index contributed by atoms with van der Waals surface area (Å²) in [4.78, 5) is 16.2. The number of fused-ring (bicyclic) bond motifs is 2. The number of rotatable bonds is 4. The van der Waals surface area contributed by atoms with Crippen molar-refractivity contribution in [3.63, 3.8) is 0 Å². The van der Waals surface area contributed by atoms with Crippen molar-refractivity contribution in [3.05, 3.63) is 41.4 Å². The SMILES string of the molecule is O=C(NC1CC2CCC1N2)c1ncc(Oc2ccccc2Cl)o1. The van der Waals surface area contributed by atoms with Gasteiger partial charge >= 0.3 is 11.9 Å². The fraction of sp³-hybridized carbons (Fsp3) is 0.375. The fourth-order valence-electron chi connectivity index (χ4n) is 3.26. The lowest BCUT2D eigenvalue weighted by Crippen LogP contribution is -2.43. The van der Waals surface area contributed by atoms with E-state index in [0.717, 1.165) is 12.8 Å². The summed E-state index contributed by atoms with van der Waals surface area (Å²) < 4.78 is 10.9. The van der Waals surface area contributed by atoms with Crippen LogP contribution in [0.2, 0.25) is 5.02 Å². The minimum absolute atomic E-state index is 0.00479. The van der Waals surface area contributed by atoms with Crippen LogP contribution in [0.15, 0.2) is 34.9 Å². The molecule has 0 saturated carbocycles. The van der Waals surface area contributed by atoms with Crippen molar-refractivity contribution < 1.29 is 13.9 Å². The molecule has 23 heavy (non-hydrogen) atoms. The molecule has 0 spiro atoms. The summed E-state index contributed by atoms with van der Waals surface area (Å²) in [6, 6.07) is 8.05. The number of carbonyl (C=O) groups is 1. The van der Waals surface area contributed by atoms with Gasteiger partial charge in [0.15, 0.2) is 0 Å². The van der Waals surface area contributed by atoms with Gasteiger partial charge in [0.25, 0.3) is 5.89 Å². The second kappa shape index (κ2) is 5.86. The average molecular weight is 334 g/mol. The van der Waals surface area contributed by atoms with Gasteiger partial charge in [-0.05, 0) is 31.4 Å². The zero-order valence-electron chi connectivity index (χ0n) is 12.3. The number of carbonyl (C=O) groups excluding carboxylic acids is 1. The minimum Gasteiger partial charge on any atom is -0.423 e. The van der Waals surface area contributed by atoms with Gasteiger partial charge in [0.2, 0.25) is 0 Å². The van der Waals surface area contributed by atoms with Crippen molar-refractivity contribution in [1.29, 1.82) is 0 Å². The number of benzene rings is 1. The molecule has 2 aliphatic heterocycles. The van der Waals surface area contributed by atoms with Crippen LogP contribution < -0.4 is 15.4 Å². The molecule has 1 aromatic carbocycles. The molecule has 2 fully saturated rings. The largest absolute Gasteiger partial charge is 0.423 e. The number of amides is 1. The molecule has 3 heterocycles. The van der Waals surface area contributed by atoms with Gasteiger partial charge in [-0.2, -0.15) is 0 Å². The van der Waals surface area contributed by atoms with Crippen LogP contribution in [-0.4, -0.2) is 29.0 Å². The predicted molar refractivity (Wildman–Crippen MR) is 83.8 cm³/mol. The highest BCUT2D eigenvalue weighted by Crippen LogP contribution is 2.30. The van der Waals surface area contributed by atoms with E-state index in [9.17, 15) is 4.79 Å². The zero-order chi connectivity index (χ0) is 15.8. The van der Waals surface area contributed by atoms with Gasteiger partial charge in [0.05, 0.1) is 5.02 Å². The highest BCUT2D eigenvalue weighted by atomic mass is 35.5. The third-order valence-electron chi connectivity index (χ3n) is 4.34. The minimum atomic E-state index is -0.321. The Bertz CT molecular complexity index is 733. The summed E-state index contributed by atoms with van der Waals surface area (Å²) in [7, 11) is 0. The highest BCUT2D eigenvalue weighted by molar-refractivity contribution is 6.32. The third-order valence-corrected chi connectivity index (χ3v) is 4.65. The Morgan fingerprint density at radius 3 is 3.00 bits per heavy atom. The van der Waals surface area contributed by atoms with Gasteiger partial charge in [0, 0.05) is 18.1 Å². The first-order chi connectivity index (χ1) is 11.2. The van der Waals surface area contributed by atoms with Gasteiger partial charge in [-0.3, -0.25) is 4.79 Å². The third kappa shape index (κ3) is 2.92. The van der Waals surface area contributed by atoms with Crippen LogP contribution >= 0.6 is 11.6 Å². The Morgan fingerprint density at radius 2 is 2.26 bits per heavy atom. The summed E-state index contributed by atoms with van der Waals surface area (Å²) in [6.45, 7) is 0. The monoisotopic (exact) mass is 333 g/mol. The molecule has 0 radical (unpaired) electrons. The molecule has 3 atom stereocenters. The molecule has 7 heteroatoms. The van der Waals surface area contributed by atoms with E-state index in [-0.39, 0.29) is 23.8 Å². The molecule has 6 nitrogen and oxygen atoms in total. The molecule has 4 rings (SSSR count). The molecule has 2 N–H and O–H groups in total. The van der Waals surface area contributed by atoms with E-state index in [1.165, 1.54) is 12.6 Å². The maximum atomic E-state index is 12.2. The van der Waals surface area contributed by atoms with Gasteiger partial charge in [-0.1, -0.05) is 23.7 Å². The van der Waals surface area contributed by atoms with Crippen molar-refractivity contribution in [2.75, 3.05) is 0 Å². The van der Waals surface area contributed by atoms with E-state index in [4.69, 9.17) is 20.8 Å². The predicted octanol–water partition coefficient (Wildman–Crippen LogP) is 2.74. The highest BCUT2D eigenvalue weighted by Gasteiger charge is 2.40. The molecule has 0 aliphatic carbocycles. The smallest absolute Gasteiger partial charge is 0.311 e. The van der Waals surface area contributed by atoms with Crippen LogP contribution in [0.5, 0.6) is 11.7 Å². The molecule has 2 bridgehead atoms. The summed E-state index contributed by atoms with van der Waals surface area (Å²) in [5.41, 5.74) is 0. The van der Waals surface area contributed by atoms with E-state index >= 15 is 0 Å². The standard InChI is InChI=1S/C16H16ClN3O3/c17-10-3-1-2-4-13(10)22-14-8-18-16(23-14)15(21)20-12-7-9-5-6-11(12)19-9/h1-4,8-9,11-12,19H,5-7H2,(H,20,21). The van der Waals surface area contributed by atoms with Crippen molar-refractivity contribution in [2.45, 2.75) is 37.4 Å². The molecule has 3 unspecified atom stereocenters. The first-order valence-electron chi connectivity index (χ1n) is 7.64. The number of ether oxygens (including phenoxy) is 1. The van der Waals surface area contributed by atoms with Crippen LogP contribution in [0, 0.1) is 0 Å². The summed E-state index contributed by atoms with van der Waals surface area (Å²) in [5.74, 6) is 0.261. The Morgan fingerprint density at radius 1 is 1.39 bits per heavy atom. The Balaban J connectivity index is 1.41. The number of oxazole rings is 1. The number of para-hydroxylation sites is 1. The second-order valence-corrected chi connectivity index (χ2v) is 6.29. The molecular formula is C16H16ClN3O3. The van der Waals surface area contributed by atoms with Gasteiger partial charge in [-0.15, -0.1) is 0 Å². The number of nitrogens with zero attached hydrogens (tertiary/aromatic N) is 1. The molecule has 1 amide bonds. The maximum Gasteiger partial charge on any atom is 0.311 e. The number of hydrogen-bond donors (Lipinski definition) is 2. The maximum absolute atomic E-state index is 12.2. The number of hydrogen-bond acceptors (Lipinski definition) is 5. The molecular weight excluding hydrogens is 318 g/mol. The molecule has 2 aliphatic rings. The van der Waals surface area contributed by atoms with E-state index in [0.29, 0.717) is 22.9 Å². The average Bonchev–Trinajstić information content (AvgIpc) is 3.26. The molecule has 2 aromatic rings. The lowest BCUT2D eigenvalue weighted by atomic mass is 9.95. The second-order valence-electron chi connectivity index (χ2n) is 5.88. The zero-order valence-corrected chi connectivity index (χ0v) is 13.0. The van der Waals surface area contributed by atoms with Gasteiger partial charge in [-0.25, -0.2) is 4.98 Å². The topological polar surface area (TPSA) is 76.4 Å². The van der Waals surface area contributed by atoms with Crippen LogP contribution in [0.1, 0.15) is 29.9 Å². The number of halogens is 1. The number of nitrogens with one attached hydrogen (secondary N) is 2. The summed E-state index contributed by atoms with van der Waals surface area (Å²) in [6.07, 6.45) is 4.62.